The number of aliphatic imine (C=N–C) groups is 1. The number of carboxylic acids is 2. The largest absolute Gasteiger partial charge is 0.478 e. The molecule has 13 nitrogen and oxygen atoms in total. The third kappa shape index (κ3) is 11.4. The Balaban J connectivity index is 0.000000674. The molecular weight excluding hydrogens is 971 g/mol. The molecule has 0 spiro atoms. The molecule has 13 heteroatoms. The summed E-state index contributed by atoms with van der Waals surface area (Å²) in [7, 11) is 0. The molecule has 0 saturated heterocycles. The van der Waals surface area contributed by atoms with Gasteiger partial charge in [-0.2, -0.15) is 4.58 Å². The highest BCUT2D eigenvalue weighted by Crippen LogP contribution is 2.50. The summed E-state index contributed by atoms with van der Waals surface area (Å²) >= 11 is 0. The van der Waals surface area contributed by atoms with Crippen molar-refractivity contribution >= 4 is 63.1 Å². The third-order valence-electron chi connectivity index (χ3n) is 14.8. The van der Waals surface area contributed by atoms with Crippen LogP contribution in [0.25, 0.3) is 10.8 Å². The van der Waals surface area contributed by atoms with Gasteiger partial charge in [0.1, 0.15) is 0 Å². The van der Waals surface area contributed by atoms with Crippen molar-refractivity contribution in [2.24, 2.45) is 22.2 Å². The fourth-order valence-electron chi connectivity index (χ4n) is 10.8. The van der Waals surface area contributed by atoms with Gasteiger partial charge >= 0.3 is 11.9 Å². The minimum atomic E-state index is -0.940. The normalized spacial score (nSPS) is 16.0. The number of rotatable bonds is 15. The molecule has 0 atom stereocenters. The van der Waals surface area contributed by atoms with Crippen molar-refractivity contribution in [1.29, 1.82) is 5.41 Å². The van der Waals surface area contributed by atoms with E-state index in [0.29, 0.717) is 26.2 Å². The average Bonchev–Trinajstić information content (AvgIpc) is 4.16. The van der Waals surface area contributed by atoms with E-state index in [0.717, 1.165) is 80.3 Å². The summed E-state index contributed by atoms with van der Waals surface area (Å²) in [5, 5.41) is 31.7. The molecule has 0 amide bonds. The first-order valence-electron chi connectivity index (χ1n) is 26.1. The highest BCUT2D eigenvalue weighted by atomic mass is 16.4. The van der Waals surface area contributed by atoms with Gasteiger partial charge in [-0.3, -0.25) is 10.4 Å². The van der Waals surface area contributed by atoms with E-state index in [-0.39, 0.29) is 23.0 Å². The van der Waals surface area contributed by atoms with Crippen LogP contribution in [0.1, 0.15) is 83.5 Å². The summed E-state index contributed by atoms with van der Waals surface area (Å²) in [6.07, 6.45) is 10.7. The van der Waals surface area contributed by atoms with Crippen LogP contribution in [0.5, 0.6) is 0 Å². The van der Waals surface area contributed by atoms with Crippen molar-refractivity contribution in [2.75, 3.05) is 22.9 Å². The highest BCUT2D eigenvalue weighted by molar-refractivity contribution is 6.04. The molecule has 7 aromatic carbocycles. The number of para-hydroxylation sites is 1. The van der Waals surface area contributed by atoms with Gasteiger partial charge in [0.25, 0.3) is 0 Å². The van der Waals surface area contributed by atoms with Gasteiger partial charge in [0, 0.05) is 64.5 Å². The maximum atomic E-state index is 12.3. The molecule has 0 bridgehead atoms. The second-order valence-corrected chi connectivity index (χ2v) is 20.7. The number of hydrogen-bond acceptors (Lipinski definition) is 6. The van der Waals surface area contributed by atoms with Crippen molar-refractivity contribution in [2.45, 2.75) is 64.5 Å². The summed E-state index contributed by atoms with van der Waals surface area (Å²) in [6, 6.07) is 57.6. The van der Waals surface area contributed by atoms with Gasteiger partial charge < -0.3 is 42.5 Å². The topological polar surface area (TPSA) is 210 Å². The number of nitrogens with one attached hydrogen (secondary N) is 2. The maximum absolute atomic E-state index is 12.3. The standard InChI is InChI=1S/C61H53N3O4.C4H12N6/c1-60(2)51-37-47(58(65)66)27-32-53(51)62(39-41-16-8-5-9-17-41)55(60)34-29-44-24-25-45(57(44)64(49-22-12-7-13-23-49)50-31-26-43-20-14-15-21-46(43)36-50)30-35-56-61(3,4)52-38-48(59(67)68)28-33-54(52)63(56)40-42-18-10-6-11-19-42;5-3(6)9-1-2-10-4(7)8/h5-23,26-38H,24-25,39-40H2,1-4H3,(H-,65,66,67,68);1-2H2,(H4,5,6,9)(H4,7,8,10)/p+1. The van der Waals surface area contributed by atoms with Crippen LogP contribution in [0.3, 0.4) is 0 Å². The molecule has 0 aromatic heterocycles. The Hall–Kier alpha value is -9.49. The first-order valence-corrected chi connectivity index (χ1v) is 26.1. The van der Waals surface area contributed by atoms with E-state index >= 15 is 0 Å². The number of anilines is 3. The molecule has 0 fully saturated rings. The number of hydrogen-bond donors (Lipinski definition) is 7. The Morgan fingerprint density at radius 1 is 0.679 bits per heavy atom. The maximum Gasteiger partial charge on any atom is 0.335 e. The predicted octanol–water partition coefficient (Wildman–Crippen LogP) is 11.8. The van der Waals surface area contributed by atoms with E-state index in [1.807, 2.05) is 36.4 Å². The molecule has 78 heavy (non-hydrogen) atoms. The van der Waals surface area contributed by atoms with E-state index in [1.165, 1.54) is 16.5 Å². The highest BCUT2D eigenvalue weighted by Gasteiger charge is 2.45. The Kier molecular flexibility index (Phi) is 15.6. The molecule has 10 N–H and O–H groups in total. The number of carboxylic acid groups (broad SMARTS) is 2. The lowest BCUT2D eigenvalue weighted by atomic mass is 9.80. The van der Waals surface area contributed by atoms with Gasteiger partial charge in [-0.15, -0.1) is 0 Å². The quantitative estimate of drug-likeness (QED) is 0.0223. The second-order valence-electron chi connectivity index (χ2n) is 20.7. The minimum absolute atomic E-state index is 0.0466. The van der Waals surface area contributed by atoms with Crippen LogP contribution >= 0.6 is 0 Å². The summed E-state index contributed by atoms with van der Waals surface area (Å²) in [5.41, 5.74) is 28.6. The zero-order chi connectivity index (χ0) is 55.1. The molecule has 0 radical (unpaired) electrons. The summed E-state index contributed by atoms with van der Waals surface area (Å²) < 4.78 is 2.35. The Labute approximate surface area is 455 Å². The van der Waals surface area contributed by atoms with Gasteiger partial charge in [-0.1, -0.05) is 135 Å². The molecule has 1 aliphatic carbocycles. The van der Waals surface area contributed by atoms with Crippen molar-refractivity contribution in [3.63, 3.8) is 0 Å². The van der Waals surface area contributed by atoms with E-state index in [4.69, 9.17) is 22.6 Å². The van der Waals surface area contributed by atoms with Crippen LogP contribution in [0, 0.1) is 5.41 Å². The molecule has 3 aliphatic rings. The number of carbonyl (C=O) groups is 2. The zero-order valence-corrected chi connectivity index (χ0v) is 44.4. The molecule has 2 heterocycles. The lowest BCUT2D eigenvalue weighted by molar-refractivity contribution is -0.455. The summed E-state index contributed by atoms with van der Waals surface area (Å²) in [6.45, 7) is 10.9. The average molecular weight is 1040 g/mol. The van der Waals surface area contributed by atoms with Crippen LogP contribution in [-0.2, 0) is 23.9 Å². The molecule has 394 valence electrons. The van der Waals surface area contributed by atoms with Gasteiger partial charge in [0.05, 0.1) is 28.8 Å². The number of aromatic carboxylic acids is 2. The predicted molar refractivity (Wildman–Crippen MR) is 315 cm³/mol. The van der Waals surface area contributed by atoms with E-state index in [1.54, 1.807) is 12.1 Å². The third-order valence-corrected chi connectivity index (χ3v) is 14.8. The van der Waals surface area contributed by atoms with Gasteiger partial charge in [0.2, 0.25) is 5.69 Å². The molecule has 7 aromatic rings. The Morgan fingerprint density at radius 3 is 1.95 bits per heavy atom. The molecule has 10 rings (SSSR count). The summed E-state index contributed by atoms with van der Waals surface area (Å²) in [4.78, 5) is 33.0. The summed E-state index contributed by atoms with van der Waals surface area (Å²) in [5.74, 6) is -1.91. The van der Waals surface area contributed by atoms with Gasteiger partial charge in [-0.25, -0.2) is 9.59 Å². The van der Waals surface area contributed by atoms with E-state index < -0.39 is 22.8 Å². The Morgan fingerprint density at radius 2 is 1.29 bits per heavy atom. The van der Waals surface area contributed by atoms with Crippen LogP contribution in [-0.4, -0.2) is 57.4 Å². The fraction of sp³-hybridized carbons (Fsp3) is 0.185. The van der Waals surface area contributed by atoms with Crippen molar-refractivity contribution < 1.29 is 24.4 Å². The molecule has 0 unspecified atom stereocenters. The molecular formula is C65H66N9O4+. The number of guanidine groups is 2. The first-order chi connectivity index (χ1) is 37.5. The van der Waals surface area contributed by atoms with Crippen LogP contribution < -0.4 is 32.3 Å². The minimum Gasteiger partial charge on any atom is -0.478 e. The monoisotopic (exact) mass is 1040 g/mol. The van der Waals surface area contributed by atoms with Crippen molar-refractivity contribution in [1.82, 2.24) is 5.32 Å². The van der Waals surface area contributed by atoms with E-state index in [9.17, 15) is 19.8 Å². The van der Waals surface area contributed by atoms with Crippen molar-refractivity contribution in [3.05, 3.63) is 250 Å². The number of benzene rings is 7. The second kappa shape index (κ2) is 22.8. The first kappa shape index (κ1) is 53.3. The van der Waals surface area contributed by atoms with Crippen LogP contribution in [0.15, 0.2) is 222 Å². The fourth-order valence-corrected chi connectivity index (χ4v) is 10.8. The Bertz CT molecular complexity index is 3610. The van der Waals surface area contributed by atoms with E-state index in [2.05, 4.69) is 198 Å². The smallest absolute Gasteiger partial charge is 0.335 e. The number of fused-ring (bicyclic) bond motifs is 3. The lowest BCUT2D eigenvalue weighted by Crippen LogP contribution is -2.33. The lowest BCUT2D eigenvalue weighted by Gasteiger charge is -2.29. The molecule has 2 aliphatic heterocycles. The van der Waals surface area contributed by atoms with Gasteiger partial charge in [0.15, 0.2) is 24.2 Å². The van der Waals surface area contributed by atoms with Crippen molar-refractivity contribution in [3.8, 4) is 0 Å². The number of nitrogens with two attached hydrogens (primary N) is 3. The zero-order valence-electron chi connectivity index (χ0n) is 44.4. The number of allylic oxidation sites excluding steroid dienone is 7. The molecule has 0 saturated carbocycles. The number of nitrogens with zero attached hydrogens (tertiary/aromatic N) is 4. The SMILES string of the molecule is CC1(C)C(/C=C/C2=C(N(c3ccccc3)c3ccc4ccccc4c3)C(=C/C=C3/N(Cc4ccccc4)c4ccc(C(=O)O)cc4C3(C)C)/CC2)=[N+](Cc2ccccc2)c2ccc(C(=O)O)cc21.N=C(N)NCCN=C(N)N. The van der Waals surface area contributed by atoms with Crippen LogP contribution in [0.2, 0.25) is 0 Å². The van der Waals surface area contributed by atoms with Gasteiger partial charge in [-0.05, 0) is 120 Å². The van der Waals surface area contributed by atoms with Crippen LogP contribution in [0.4, 0.5) is 22.7 Å².